The minimum Gasteiger partial charge on any atom is -0.294 e. The maximum Gasteiger partial charge on any atom is 0.160 e. The van der Waals surface area contributed by atoms with Gasteiger partial charge in [0.2, 0.25) is 0 Å². The lowest BCUT2D eigenvalue weighted by molar-refractivity contribution is -0.118. The summed E-state index contributed by atoms with van der Waals surface area (Å²) in [6.07, 6.45) is 6.17. The minimum absolute atomic E-state index is 0.329. The molecule has 100 valence electrons. The summed E-state index contributed by atoms with van der Waals surface area (Å²) in [7, 11) is 0. The second-order valence-electron chi connectivity index (χ2n) is 7.56. The van der Waals surface area contributed by atoms with Gasteiger partial charge in [0.05, 0.1) is 4.87 Å². The highest BCUT2D eigenvalue weighted by Crippen LogP contribution is 2.59. The van der Waals surface area contributed by atoms with Gasteiger partial charge in [0.1, 0.15) is 0 Å². The van der Waals surface area contributed by atoms with Crippen LogP contribution in [0.3, 0.4) is 0 Å². The van der Waals surface area contributed by atoms with Gasteiger partial charge < -0.3 is 0 Å². The zero-order valence-corrected chi connectivity index (χ0v) is 12.4. The van der Waals surface area contributed by atoms with Crippen LogP contribution >= 0.6 is 11.6 Å². The molecule has 0 heterocycles. The molecule has 2 heteroatoms. The third kappa shape index (κ3) is 1.86. The molecule has 1 saturated carbocycles. The predicted octanol–water partition coefficient (Wildman–Crippen LogP) is 4.49. The molecular formula is C16H23ClO. The zero-order chi connectivity index (χ0) is 13.1. The Morgan fingerprint density at radius 3 is 2.61 bits per heavy atom. The van der Waals surface area contributed by atoms with Gasteiger partial charge in [-0.25, -0.2) is 0 Å². The van der Waals surface area contributed by atoms with Crippen molar-refractivity contribution in [2.75, 3.05) is 0 Å². The van der Waals surface area contributed by atoms with Crippen LogP contribution < -0.4 is 0 Å². The van der Waals surface area contributed by atoms with Crippen LogP contribution in [0.5, 0.6) is 0 Å². The Morgan fingerprint density at radius 2 is 1.89 bits per heavy atom. The van der Waals surface area contributed by atoms with Gasteiger partial charge >= 0.3 is 0 Å². The summed E-state index contributed by atoms with van der Waals surface area (Å²) in [5, 5.41) is 0. The summed E-state index contributed by atoms with van der Waals surface area (Å²) < 4.78 is 0. The standard InChI is InChI=1S/C16H23ClO/c1-10-4-12-8-15(3)6-11(2)7-16(17,9-15)14(12)13(18)5-10/h10-11H,4-9H2,1-3H3. The first-order chi connectivity index (χ1) is 8.31. The Balaban J connectivity index is 2.09. The van der Waals surface area contributed by atoms with Crippen LogP contribution in [0.2, 0.25) is 0 Å². The zero-order valence-electron chi connectivity index (χ0n) is 11.7. The van der Waals surface area contributed by atoms with Crippen molar-refractivity contribution in [2.24, 2.45) is 17.3 Å². The lowest BCUT2D eigenvalue weighted by Gasteiger charge is -2.53. The molecular weight excluding hydrogens is 244 g/mol. The van der Waals surface area contributed by atoms with E-state index in [1.54, 1.807) is 0 Å². The Hall–Kier alpha value is -0.300. The van der Waals surface area contributed by atoms with E-state index in [0.29, 0.717) is 29.5 Å². The van der Waals surface area contributed by atoms with Crippen molar-refractivity contribution in [3.63, 3.8) is 0 Å². The summed E-state index contributed by atoms with van der Waals surface area (Å²) in [6.45, 7) is 6.85. The first kappa shape index (κ1) is 12.7. The molecule has 1 fully saturated rings. The third-order valence-electron chi connectivity index (χ3n) is 5.07. The van der Waals surface area contributed by atoms with E-state index in [-0.39, 0.29) is 4.87 Å². The van der Waals surface area contributed by atoms with Crippen molar-refractivity contribution < 1.29 is 4.79 Å². The fourth-order valence-corrected chi connectivity index (χ4v) is 5.89. The number of allylic oxidation sites excluding steroid dienone is 2. The average Bonchev–Trinajstić information content (AvgIpc) is 2.09. The molecule has 0 aromatic carbocycles. The normalized spacial score (nSPS) is 48.1. The summed E-state index contributed by atoms with van der Waals surface area (Å²) in [4.78, 5) is 12.1. The van der Waals surface area contributed by atoms with Crippen molar-refractivity contribution in [1.29, 1.82) is 0 Å². The Morgan fingerprint density at radius 1 is 1.17 bits per heavy atom. The fraction of sp³-hybridized carbons (Fsp3) is 0.812. The van der Waals surface area contributed by atoms with Gasteiger partial charge in [0.25, 0.3) is 0 Å². The predicted molar refractivity (Wildman–Crippen MR) is 74.8 cm³/mol. The molecule has 3 aliphatic rings. The lowest BCUT2D eigenvalue weighted by Crippen LogP contribution is -2.48. The number of hydrogen-bond donors (Lipinski definition) is 0. The maximum atomic E-state index is 12.4. The SMILES string of the molecule is CC1CC(=O)C2=C(C1)CC1(C)CC(C)CC2(Cl)C1. The molecule has 2 bridgehead atoms. The number of rotatable bonds is 0. The van der Waals surface area contributed by atoms with E-state index in [4.69, 9.17) is 11.6 Å². The van der Waals surface area contributed by atoms with Crippen molar-refractivity contribution in [3.05, 3.63) is 11.1 Å². The molecule has 0 saturated heterocycles. The van der Waals surface area contributed by atoms with Gasteiger partial charge in [-0.2, -0.15) is 0 Å². The topological polar surface area (TPSA) is 17.1 Å². The van der Waals surface area contributed by atoms with E-state index >= 15 is 0 Å². The van der Waals surface area contributed by atoms with E-state index in [0.717, 1.165) is 31.3 Å². The Labute approximate surface area is 115 Å². The first-order valence-electron chi connectivity index (χ1n) is 7.26. The second kappa shape index (κ2) is 3.85. The van der Waals surface area contributed by atoms with Crippen LogP contribution in [-0.4, -0.2) is 10.7 Å². The quantitative estimate of drug-likeness (QED) is 0.591. The minimum atomic E-state index is -0.336. The molecule has 0 spiro atoms. The molecule has 0 aliphatic heterocycles. The van der Waals surface area contributed by atoms with Gasteiger partial charge in [0.15, 0.2) is 5.78 Å². The monoisotopic (exact) mass is 266 g/mol. The van der Waals surface area contributed by atoms with Crippen LogP contribution in [0.15, 0.2) is 11.1 Å². The number of alkyl halides is 1. The van der Waals surface area contributed by atoms with Crippen LogP contribution in [-0.2, 0) is 4.79 Å². The van der Waals surface area contributed by atoms with Crippen molar-refractivity contribution >= 4 is 17.4 Å². The number of halogens is 1. The molecule has 18 heavy (non-hydrogen) atoms. The van der Waals surface area contributed by atoms with Gasteiger partial charge in [0, 0.05) is 12.0 Å². The molecule has 3 rings (SSSR count). The summed E-state index contributed by atoms with van der Waals surface area (Å²) in [6, 6.07) is 0. The van der Waals surface area contributed by atoms with Gasteiger partial charge in [-0.05, 0) is 49.4 Å². The van der Waals surface area contributed by atoms with Crippen molar-refractivity contribution in [3.8, 4) is 0 Å². The van der Waals surface area contributed by atoms with Crippen LogP contribution in [0.4, 0.5) is 0 Å². The summed E-state index contributed by atoms with van der Waals surface area (Å²) in [5.41, 5.74) is 2.76. The molecule has 0 amide bonds. The number of Topliss-reactive ketones (excluding diaryl/α,β-unsaturated/α-hetero) is 1. The summed E-state index contributed by atoms with van der Waals surface area (Å²) in [5.74, 6) is 1.49. The van der Waals surface area contributed by atoms with Crippen LogP contribution in [0.25, 0.3) is 0 Å². The van der Waals surface area contributed by atoms with Gasteiger partial charge in [-0.15, -0.1) is 11.6 Å². The molecule has 3 aliphatic carbocycles. The highest BCUT2D eigenvalue weighted by atomic mass is 35.5. The number of carbonyl (C=O) groups is 1. The highest BCUT2D eigenvalue weighted by Gasteiger charge is 2.53. The smallest absolute Gasteiger partial charge is 0.160 e. The van der Waals surface area contributed by atoms with E-state index < -0.39 is 0 Å². The molecule has 0 aromatic rings. The maximum absolute atomic E-state index is 12.4. The third-order valence-corrected chi connectivity index (χ3v) is 5.55. The molecule has 0 N–H and O–H groups in total. The number of fused-ring (bicyclic) bond motifs is 3. The van der Waals surface area contributed by atoms with Crippen LogP contribution in [0.1, 0.15) is 59.3 Å². The molecule has 0 radical (unpaired) electrons. The highest BCUT2D eigenvalue weighted by molar-refractivity contribution is 6.30. The molecule has 4 atom stereocenters. The fourth-order valence-electron chi connectivity index (χ4n) is 5.06. The van der Waals surface area contributed by atoms with Gasteiger partial charge in [-0.3, -0.25) is 4.79 Å². The molecule has 4 unspecified atom stereocenters. The van der Waals surface area contributed by atoms with E-state index in [1.165, 1.54) is 12.0 Å². The lowest BCUT2D eigenvalue weighted by atomic mass is 9.55. The average molecular weight is 267 g/mol. The Kier molecular flexibility index (Phi) is 2.72. The second-order valence-corrected chi connectivity index (χ2v) is 8.28. The largest absolute Gasteiger partial charge is 0.294 e. The van der Waals surface area contributed by atoms with E-state index in [1.807, 2.05) is 0 Å². The number of hydrogen-bond acceptors (Lipinski definition) is 1. The number of carbonyl (C=O) groups excluding carboxylic acids is 1. The number of ketones is 1. The molecule has 0 aromatic heterocycles. The first-order valence-corrected chi connectivity index (χ1v) is 7.64. The van der Waals surface area contributed by atoms with E-state index in [2.05, 4.69) is 20.8 Å². The van der Waals surface area contributed by atoms with Gasteiger partial charge in [-0.1, -0.05) is 26.3 Å². The van der Waals surface area contributed by atoms with E-state index in [9.17, 15) is 4.79 Å². The summed E-state index contributed by atoms with van der Waals surface area (Å²) >= 11 is 6.93. The van der Waals surface area contributed by atoms with Crippen molar-refractivity contribution in [1.82, 2.24) is 0 Å². The van der Waals surface area contributed by atoms with Crippen molar-refractivity contribution in [2.45, 2.75) is 64.2 Å². The van der Waals surface area contributed by atoms with Crippen LogP contribution in [0, 0.1) is 17.3 Å². The Bertz CT molecular complexity index is 438. The molecule has 1 nitrogen and oxygen atoms in total.